The van der Waals surface area contributed by atoms with Crippen molar-refractivity contribution >= 4 is 5.69 Å². The maximum Gasteiger partial charge on any atom is 0.0964 e. The molecule has 0 spiro atoms. The first-order valence-corrected chi connectivity index (χ1v) is 7.03. The molecular formula is C18H23NO. The predicted molar refractivity (Wildman–Crippen MR) is 85.3 cm³/mol. The van der Waals surface area contributed by atoms with Crippen LogP contribution in [0.25, 0.3) is 0 Å². The van der Waals surface area contributed by atoms with Crippen LogP contribution in [0.2, 0.25) is 0 Å². The van der Waals surface area contributed by atoms with E-state index < -0.39 is 6.10 Å². The van der Waals surface area contributed by atoms with E-state index in [9.17, 15) is 5.11 Å². The Bertz CT molecular complexity index is 604. The summed E-state index contributed by atoms with van der Waals surface area (Å²) in [5.74, 6) is 0. The average molecular weight is 269 g/mol. The van der Waals surface area contributed by atoms with Crippen LogP contribution in [-0.2, 0) is 0 Å². The van der Waals surface area contributed by atoms with E-state index in [0.717, 1.165) is 16.8 Å². The van der Waals surface area contributed by atoms with E-state index in [0.29, 0.717) is 6.54 Å². The van der Waals surface area contributed by atoms with Gasteiger partial charge in [-0.15, -0.1) is 0 Å². The molecule has 2 aromatic rings. The Labute approximate surface area is 121 Å². The van der Waals surface area contributed by atoms with E-state index in [1.807, 2.05) is 13.8 Å². The smallest absolute Gasteiger partial charge is 0.0964 e. The molecule has 2 nitrogen and oxygen atoms in total. The minimum atomic E-state index is -0.491. The molecule has 2 aromatic carbocycles. The molecule has 0 bridgehead atoms. The van der Waals surface area contributed by atoms with Gasteiger partial charge >= 0.3 is 0 Å². The summed E-state index contributed by atoms with van der Waals surface area (Å²) in [5.41, 5.74) is 6.82. The van der Waals surface area contributed by atoms with Crippen molar-refractivity contribution in [2.24, 2.45) is 0 Å². The Kier molecular flexibility index (Phi) is 4.46. The van der Waals surface area contributed by atoms with Crippen LogP contribution in [-0.4, -0.2) is 11.7 Å². The van der Waals surface area contributed by atoms with Crippen molar-refractivity contribution in [2.75, 3.05) is 11.9 Å². The van der Waals surface area contributed by atoms with Crippen molar-refractivity contribution in [2.45, 2.75) is 33.8 Å². The number of hydrogen-bond acceptors (Lipinski definition) is 2. The van der Waals surface area contributed by atoms with Crippen molar-refractivity contribution in [3.05, 3.63) is 64.2 Å². The van der Waals surface area contributed by atoms with Crippen LogP contribution in [0.4, 0.5) is 5.69 Å². The number of aryl methyl sites for hydroxylation is 4. The van der Waals surface area contributed by atoms with Gasteiger partial charge in [-0.05, 0) is 56.0 Å². The topological polar surface area (TPSA) is 32.3 Å². The molecule has 0 aromatic heterocycles. The third kappa shape index (κ3) is 3.40. The summed E-state index contributed by atoms with van der Waals surface area (Å²) in [4.78, 5) is 0. The van der Waals surface area contributed by atoms with Crippen LogP contribution in [0.3, 0.4) is 0 Å². The van der Waals surface area contributed by atoms with Gasteiger partial charge in [-0.2, -0.15) is 0 Å². The van der Waals surface area contributed by atoms with E-state index in [4.69, 9.17) is 0 Å². The number of anilines is 1. The highest BCUT2D eigenvalue weighted by atomic mass is 16.3. The van der Waals surface area contributed by atoms with Crippen LogP contribution in [0.15, 0.2) is 36.4 Å². The molecule has 20 heavy (non-hydrogen) atoms. The van der Waals surface area contributed by atoms with Gasteiger partial charge in [0.1, 0.15) is 0 Å². The molecule has 0 fully saturated rings. The number of benzene rings is 2. The first-order chi connectivity index (χ1) is 9.47. The molecule has 2 N–H and O–H groups in total. The fourth-order valence-corrected chi connectivity index (χ4v) is 2.36. The van der Waals surface area contributed by atoms with Crippen molar-refractivity contribution in [1.82, 2.24) is 0 Å². The largest absolute Gasteiger partial charge is 0.387 e. The van der Waals surface area contributed by atoms with Gasteiger partial charge in [0.15, 0.2) is 0 Å². The van der Waals surface area contributed by atoms with E-state index in [-0.39, 0.29) is 0 Å². The van der Waals surface area contributed by atoms with Gasteiger partial charge in [-0.1, -0.05) is 35.9 Å². The normalized spacial score (nSPS) is 12.2. The SMILES string of the molecule is Cc1ccc(C)c(NCC(O)c2cc(C)ccc2C)c1. The van der Waals surface area contributed by atoms with Crippen molar-refractivity contribution in [3.8, 4) is 0 Å². The maximum absolute atomic E-state index is 10.4. The molecule has 1 unspecified atom stereocenters. The Balaban J connectivity index is 2.10. The lowest BCUT2D eigenvalue weighted by atomic mass is 10.0. The first-order valence-electron chi connectivity index (χ1n) is 7.03. The number of nitrogens with one attached hydrogen (secondary N) is 1. The number of aliphatic hydroxyl groups is 1. The molecule has 0 aliphatic heterocycles. The summed E-state index contributed by atoms with van der Waals surface area (Å²) in [7, 11) is 0. The highest BCUT2D eigenvalue weighted by molar-refractivity contribution is 5.52. The third-order valence-corrected chi connectivity index (χ3v) is 3.67. The Morgan fingerprint density at radius 1 is 0.900 bits per heavy atom. The van der Waals surface area contributed by atoms with Gasteiger partial charge < -0.3 is 10.4 Å². The van der Waals surface area contributed by atoms with Crippen LogP contribution in [0.1, 0.15) is 33.9 Å². The van der Waals surface area contributed by atoms with Crippen LogP contribution in [0.5, 0.6) is 0 Å². The molecule has 0 saturated carbocycles. The fraction of sp³-hybridized carbons (Fsp3) is 0.333. The zero-order chi connectivity index (χ0) is 14.7. The van der Waals surface area contributed by atoms with Gasteiger partial charge in [-0.3, -0.25) is 0 Å². The van der Waals surface area contributed by atoms with E-state index in [1.165, 1.54) is 16.7 Å². The van der Waals surface area contributed by atoms with Gasteiger partial charge in [-0.25, -0.2) is 0 Å². The quantitative estimate of drug-likeness (QED) is 0.877. The monoisotopic (exact) mass is 269 g/mol. The van der Waals surface area contributed by atoms with Crippen molar-refractivity contribution in [1.29, 1.82) is 0 Å². The Morgan fingerprint density at radius 2 is 1.50 bits per heavy atom. The highest BCUT2D eigenvalue weighted by Gasteiger charge is 2.11. The molecule has 0 aliphatic rings. The lowest BCUT2D eigenvalue weighted by molar-refractivity contribution is 0.191. The second-order valence-corrected chi connectivity index (χ2v) is 5.58. The molecule has 2 rings (SSSR count). The molecule has 2 heteroatoms. The maximum atomic E-state index is 10.4. The van der Waals surface area contributed by atoms with Gasteiger partial charge in [0.2, 0.25) is 0 Å². The van der Waals surface area contributed by atoms with E-state index in [2.05, 4.69) is 55.6 Å². The highest BCUT2D eigenvalue weighted by Crippen LogP contribution is 2.21. The summed E-state index contributed by atoms with van der Waals surface area (Å²) < 4.78 is 0. The minimum Gasteiger partial charge on any atom is -0.387 e. The second-order valence-electron chi connectivity index (χ2n) is 5.58. The summed E-state index contributed by atoms with van der Waals surface area (Å²) in [5, 5.41) is 13.7. The van der Waals surface area contributed by atoms with E-state index >= 15 is 0 Å². The Morgan fingerprint density at radius 3 is 2.20 bits per heavy atom. The van der Waals surface area contributed by atoms with Crippen molar-refractivity contribution in [3.63, 3.8) is 0 Å². The van der Waals surface area contributed by atoms with Crippen molar-refractivity contribution < 1.29 is 5.11 Å². The number of aliphatic hydroxyl groups excluding tert-OH is 1. The summed E-state index contributed by atoms with van der Waals surface area (Å²) in [6, 6.07) is 12.5. The zero-order valence-electron chi connectivity index (χ0n) is 12.7. The van der Waals surface area contributed by atoms with Gasteiger partial charge in [0.25, 0.3) is 0 Å². The molecular weight excluding hydrogens is 246 g/mol. The molecule has 0 heterocycles. The Hall–Kier alpha value is -1.80. The summed E-state index contributed by atoms with van der Waals surface area (Å²) in [6.45, 7) is 8.76. The average Bonchev–Trinajstić information content (AvgIpc) is 2.42. The van der Waals surface area contributed by atoms with Crippen LogP contribution >= 0.6 is 0 Å². The molecule has 0 radical (unpaired) electrons. The lowest BCUT2D eigenvalue weighted by Gasteiger charge is -2.17. The zero-order valence-corrected chi connectivity index (χ0v) is 12.7. The lowest BCUT2D eigenvalue weighted by Crippen LogP contribution is -2.14. The molecule has 106 valence electrons. The third-order valence-electron chi connectivity index (χ3n) is 3.67. The second kappa shape index (κ2) is 6.10. The summed E-state index contributed by atoms with van der Waals surface area (Å²) >= 11 is 0. The summed E-state index contributed by atoms with van der Waals surface area (Å²) in [6.07, 6.45) is -0.491. The first kappa shape index (κ1) is 14.6. The van der Waals surface area contributed by atoms with Gasteiger partial charge in [0.05, 0.1) is 6.10 Å². The molecule has 0 aliphatic carbocycles. The fourth-order valence-electron chi connectivity index (χ4n) is 2.36. The predicted octanol–water partition coefficient (Wildman–Crippen LogP) is 4.07. The van der Waals surface area contributed by atoms with Gasteiger partial charge in [0, 0.05) is 12.2 Å². The molecule has 0 saturated heterocycles. The van der Waals surface area contributed by atoms with Crippen LogP contribution < -0.4 is 5.32 Å². The standard InChI is InChI=1S/C18H23NO/c1-12-5-7-14(3)16(9-12)18(20)11-19-17-10-13(2)6-8-15(17)4/h5-10,18-20H,11H2,1-4H3. The number of hydrogen-bond donors (Lipinski definition) is 2. The number of rotatable bonds is 4. The molecule has 1 atom stereocenters. The minimum absolute atomic E-state index is 0.491. The van der Waals surface area contributed by atoms with E-state index in [1.54, 1.807) is 0 Å². The van der Waals surface area contributed by atoms with Crippen LogP contribution in [0, 0.1) is 27.7 Å². The molecule has 0 amide bonds.